The molecule has 4 nitrogen and oxygen atoms in total. The Morgan fingerprint density at radius 3 is 2.57 bits per heavy atom. The highest BCUT2D eigenvalue weighted by molar-refractivity contribution is 6.30. The molecule has 2 aromatic rings. The predicted molar refractivity (Wildman–Crippen MR) is 122 cm³/mol. The fraction of sp³-hybridized carbons (Fsp3) is 0.480. The van der Waals surface area contributed by atoms with E-state index >= 15 is 0 Å². The monoisotopic (exact) mass is 425 g/mol. The number of nitrogens with one attached hydrogen (secondary N) is 2. The summed E-state index contributed by atoms with van der Waals surface area (Å²) in [6.45, 7) is 5.89. The first-order valence-corrected chi connectivity index (χ1v) is 11.8. The first-order chi connectivity index (χ1) is 14.6. The Kier molecular flexibility index (Phi) is 5.57. The second-order valence-corrected chi connectivity index (χ2v) is 10.0. The Bertz CT molecular complexity index is 988. The lowest BCUT2D eigenvalue weighted by Gasteiger charge is -2.44. The van der Waals surface area contributed by atoms with Crippen molar-refractivity contribution in [3.63, 3.8) is 0 Å². The summed E-state index contributed by atoms with van der Waals surface area (Å²) in [4.78, 5) is 16.2. The molecule has 3 aliphatic heterocycles. The number of aromatic nitrogens is 1. The van der Waals surface area contributed by atoms with E-state index in [9.17, 15) is 4.79 Å². The molecule has 2 N–H and O–H groups in total. The van der Waals surface area contributed by atoms with Gasteiger partial charge in [0.05, 0.1) is 39.3 Å². The molecule has 5 rings (SSSR count). The van der Waals surface area contributed by atoms with Gasteiger partial charge >= 0.3 is 0 Å². The first kappa shape index (κ1) is 20.0. The second-order valence-electron chi connectivity index (χ2n) is 9.60. The molecule has 2 saturated heterocycles. The molecule has 4 heterocycles. The van der Waals surface area contributed by atoms with Crippen molar-refractivity contribution in [2.45, 2.75) is 37.8 Å². The van der Waals surface area contributed by atoms with Crippen LogP contribution in [0.4, 0.5) is 0 Å². The largest absolute Gasteiger partial charge is 0.337 e. The van der Waals surface area contributed by atoms with Crippen molar-refractivity contribution in [3.8, 4) is 0 Å². The summed E-state index contributed by atoms with van der Waals surface area (Å²) < 4.78 is 2.08. The third-order valence-electron chi connectivity index (χ3n) is 7.50. The molecule has 0 saturated carbocycles. The van der Waals surface area contributed by atoms with E-state index in [-0.39, 0.29) is 5.56 Å². The first-order valence-electron chi connectivity index (χ1n) is 11.4. The average molecular weight is 426 g/mol. The van der Waals surface area contributed by atoms with Crippen LogP contribution in [-0.2, 0) is 6.54 Å². The molecule has 0 spiro atoms. The number of pyridine rings is 1. The minimum Gasteiger partial charge on any atom is -0.337 e. The molecule has 3 atom stereocenters. The van der Waals surface area contributed by atoms with Gasteiger partial charge in [-0.25, -0.2) is 0 Å². The van der Waals surface area contributed by atoms with Crippen LogP contribution < -0.4 is 15.4 Å². The van der Waals surface area contributed by atoms with Gasteiger partial charge in [0, 0.05) is 48.0 Å². The van der Waals surface area contributed by atoms with Crippen LogP contribution in [0.2, 0.25) is 5.02 Å². The van der Waals surface area contributed by atoms with E-state index in [4.69, 9.17) is 11.6 Å². The average Bonchev–Trinajstić information content (AvgIpc) is 2.75. The predicted octanol–water partition coefficient (Wildman–Crippen LogP) is 1.35. The number of likely N-dealkylation sites (tertiary alicyclic amines) is 2. The summed E-state index contributed by atoms with van der Waals surface area (Å²) in [7, 11) is 2.32. The van der Waals surface area contributed by atoms with Gasteiger partial charge in [0.2, 0.25) is 0 Å². The quantitative estimate of drug-likeness (QED) is 0.764. The van der Waals surface area contributed by atoms with Crippen LogP contribution in [0.25, 0.3) is 12.2 Å². The molecule has 0 aliphatic carbocycles. The number of nitrogens with zero attached hydrogens (tertiary/aromatic N) is 1. The number of hydrogen-bond donors (Lipinski definition) is 2. The number of hydrogen-bond acceptors (Lipinski definition) is 1. The number of piperidine rings is 2. The summed E-state index contributed by atoms with van der Waals surface area (Å²) in [6.07, 6.45) is 8.22. The van der Waals surface area contributed by atoms with Crippen LogP contribution >= 0.6 is 11.6 Å². The Morgan fingerprint density at radius 2 is 1.80 bits per heavy atom. The number of benzene rings is 1. The van der Waals surface area contributed by atoms with Gasteiger partial charge in [-0.1, -0.05) is 35.9 Å². The topological polar surface area (TPSA) is 30.9 Å². The van der Waals surface area contributed by atoms with Crippen LogP contribution in [0.3, 0.4) is 0 Å². The Balaban J connectivity index is 1.43. The zero-order valence-electron chi connectivity index (χ0n) is 17.7. The van der Waals surface area contributed by atoms with Gasteiger partial charge in [-0.15, -0.1) is 0 Å². The lowest BCUT2D eigenvalue weighted by atomic mass is 9.80. The maximum absolute atomic E-state index is 12.7. The number of rotatable bonds is 3. The second kappa shape index (κ2) is 8.33. The minimum absolute atomic E-state index is 0.162. The van der Waals surface area contributed by atoms with Gasteiger partial charge in [-0.05, 0) is 35.7 Å². The van der Waals surface area contributed by atoms with Crippen molar-refractivity contribution in [1.29, 1.82) is 0 Å². The van der Waals surface area contributed by atoms with Crippen LogP contribution in [0.1, 0.15) is 42.0 Å². The van der Waals surface area contributed by atoms with Crippen molar-refractivity contribution < 1.29 is 9.80 Å². The fourth-order valence-electron chi connectivity index (χ4n) is 5.95. The van der Waals surface area contributed by atoms with E-state index in [2.05, 4.69) is 23.8 Å². The van der Waals surface area contributed by atoms with Gasteiger partial charge in [0.1, 0.15) is 0 Å². The van der Waals surface area contributed by atoms with Crippen LogP contribution in [0.5, 0.6) is 0 Å². The highest BCUT2D eigenvalue weighted by Crippen LogP contribution is 2.33. The molecular formula is C25H32ClN3O+2. The minimum atomic E-state index is 0.162. The summed E-state index contributed by atoms with van der Waals surface area (Å²) in [5.74, 6) is 1.12. The summed E-state index contributed by atoms with van der Waals surface area (Å²) in [5.41, 5.74) is 3.75. The van der Waals surface area contributed by atoms with E-state index in [0.29, 0.717) is 11.8 Å². The zero-order chi connectivity index (χ0) is 20.7. The third kappa shape index (κ3) is 4.01. The Hall–Kier alpha value is -1.88. The van der Waals surface area contributed by atoms with Gasteiger partial charge in [0.25, 0.3) is 5.56 Å². The smallest absolute Gasteiger partial charge is 0.250 e. The molecule has 5 heteroatoms. The van der Waals surface area contributed by atoms with Gasteiger partial charge in [0.15, 0.2) is 0 Å². The van der Waals surface area contributed by atoms with E-state index in [1.54, 1.807) is 15.9 Å². The molecule has 1 unspecified atom stereocenters. The van der Waals surface area contributed by atoms with Crippen LogP contribution in [0.15, 0.2) is 41.2 Å². The van der Waals surface area contributed by atoms with Crippen molar-refractivity contribution in [3.05, 3.63) is 68.6 Å². The van der Waals surface area contributed by atoms with Crippen molar-refractivity contribution >= 4 is 23.8 Å². The lowest BCUT2D eigenvalue weighted by molar-refractivity contribution is -0.959. The number of halogens is 1. The lowest BCUT2D eigenvalue weighted by Crippen LogP contribution is -3.21. The molecule has 0 radical (unpaired) electrons. The van der Waals surface area contributed by atoms with Gasteiger partial charge < -0.3 is 14.4 Å². The van der Waals surface area contributed by atoms with E-state index in [0.717, 1.165) is 23.2 Å². The Labute approximate surface area is 183 Å². The molecule has 158 valence electrons. The Morgan fingerprint density at radius 1 is 1.03 bits per heavy atom. The molecule has 1 aromatic heterocycles. The molecule has 0 amide bonds. The molecule has 2 fully saturated rings. The van der Waals surface area contributed by atoms with Crippen molar-refractivity contribution in [2.75, 3.05) is 33.2 Å². The molecular weight excluding hydrogens is 394 g/mol. The van der Waals surface area contributed by atoms with Crippen LogP contribution in [-0.4, -0.2) is 43.8 Å². The van der Waals surface area contributed by atoms with E-state index < -0.39 is 0 Å². The number of quaternary nitrogens is 2. The summed E-state index contributed by atoms with van der Waals surface area (Å²) >= 11 is 6.02. The molecule has 30 heavy (non-hydrogen) atoms. The van der Waals surface area contributed by atoms with Crippen molar-refractivity contribution in [2.24, 2.45) is 5.92 Å². The zero-order valence-corrected chi connectivity index (χ0v) is 18.5. The maximum atomic E-state index is 12.7. The van der Waals surface area contributed by atoms with E-state index in [1.165, 1.54) is 56.7 Å². The summed E-state index contributed by atoms with van der Waals surface area (Å²) in [5, 5.41) is 0.752. The summed E-state index contributed by atoms with van der Waals surface area (Å²) in [6, 6.07) is 12.5. The normalized spacial score (nSPS) is 30.9. The molecule has 2 bridgehead atoms. The van der Waals surface area contributed by atoms with Crippen molar-refractivity contribution in [1.82, 2.24) is 4.57 Å². The standard InChI is InChI=1S/C25H30ClN3O/c1-27-12-10-23(11-13-27)28-15-19-14-21(17-28)25-20(6-9-24(30)29(25)16-19)5-2-18-3-7-22(26)8-4-18/h2-9,19,21,23H,10-17H2,1H3/p+2/b5-2+/t19-,21+/m0/s1. The maximum Gasteiger partial charge on any atom is 0.250 e. The molecule has 3 aliphatic rings. The van der Waals surface area contributed by atoms with Gasteiger partial charge in [-0.2, -0.15) is 0 Å². The number of fused-ring (bicyclic) bond motifs is 4. The fourth-order valence-corrected chi connectivity index (χ4v) is 6.08. The van der Waals surface area contributed by atoms with E-state index in [1.807, 2.05) is 30.3 Å². The van der Waals surface area contributed by atoms with Crippen LogP contribution in [0, 0.1) is 5.92 Å². The molecule has 1 aromatic carbocycles. The highest BCUT2D eigenvalue weighted by Gasteiger charge is 2.41. The van der Waals surface area contributed by atoms with Gasteiger partial charge in [-0.3, -0.25) is 4.79 Å². The third-order valence-corrected chi connectivity index (χ3v) is 7.76. The highest BCUT2D eigenvalue weighted by atomic mass is 35.5. The SMILES string of the molecule is C[NH+]1CCC([NH+]2C[C@@H]3C[C@H](C2)c2c(/C=C/c4ccc(Cl)cc4)ccc(=O)n2C3)CC1.